The number of hydrogen-bond acceptors (Lipinski definition) is 6. The molecule has 154 valence electrons. The van der Waals surface area contributed by atoms with E-state index in [1.807, 2.05) is 24.3 Å². The standard InChI is InChI=1S/C22H28N4O3/c1-4-29-22(28)19-8-9-20(23-15-19)26-12-10-25(11-13-26)16-17-6-5-7-18(14-17)21(27)24(2)3/h5-9,14-15H,4,10-13,16H2,1-3H3. The van der Waals surface area contributed by atoms with Crippen LogP contribution in [0, 0.1) is 0 Å². The summed E-state index contributed by atoms with van der Waals surface area (Å²) in [7, 11) is 3.53. The first kappa shape index (κ1) is 20.8. The van der Waals surface area contributed by atoms with Crippen LogP contribution < -0.4 is 4.90 Å². The number of carbonyl (C=O) groups excluding carboxylic acids is 2. The predicted molar refractivity (Wildman–Crippen MR) is 112 cm³/mol. The molecule has 7 nitrogen and oxygen atoms in total. The van der Waals surface area contributed by atoms with Crippen molar-refractivity contribution < 1.29 is 14.3 Å². The zero-order chi connectivity index (χ0) is 20.8. The van der Waals surface area contributed by atoms with Gasteiger partial charge in [-0.3, -0.25) is 9.69 Å². The number of hydrogen-bond donors (Lipinski definition) is 0. The SMILES string of the molecule is CCOC(=O)c1ccc(N2CCN(Cc3cccc(C(=O)N(C)C)c3)CC2)nc1. The number of amides is 1. The second-order valence-electron chi connectivity index (χ2n) is 7.29. The van der Waals surface area contributed by atoms with Crippen molar-refractivity contribution in [3.63, 3.8) is 0 Å². The van der Waals surface area contributed by atoms with Crippen LogP contribution in [-0.4, -0.2) is 73.5 Å². The third-order valence-electron chi connectivity index (χ3n) is 4.94. The van der Waals surface area contributed by atoms with Crippen LogP contribution in [0.2, 0.25) is 0 Å². The lowest BCUT2D eigenvalue weighted by molar-refractivity contribution is 0.0525. The maximum atomic E-state index is 12.2. The Bertz CT molecular complexity index is 843. The Morgan fingerprint density at radius 3 is 2.45 bits per heavy atom. The van der Waals surface area contributed by atoms with Crippen molar-refractivity contribution in [1.82, 2.24) is 14.8 Å². The molecule has 0 radical (unpaired) electrons. The zero-order valence-corrected chi connectivity index (χ0v) is 17.3. The van der Waals surface area contributed by atoms with E-state index in [0.29, 0.717) is 12.2 Å². The molecule has 7 heteroatoms. The number of benzene rings is 1. The van der Waals surface area contributed by atoms with E-state index in [1.54, 1.807) is 38.2 Å². The van der Waals surface area contributed by atoms with Gasteiger partial charge in [0.1, 0.15) is 5.82 Å². The van der Waals surface area contributed by atoms with Crippen LogP contribution in [0.1, 0.15) is 33.2 Å². The normalized spacial score (nSPS) is 14.5. The summed E-state index contributed by atoms with van der Waals surface area (Å²) < 4.78 is 5.00. The van der Waals surface area contributed by atoms with Gasteiger partial charge in [0.2, 0.25) is 0 Å². The van der Waals surface area contributed by atoms with Gasteiger partial charge in [-0.05, 0) is 36.8 Å². The van der Waals surface area contributed by atoms with E-state index in [9.17, 15) is 9.59 Å². The number of piperazine rings is 1. The van der Waals surface area contributed by atoms with Crippen molar-refractivity contribution in [2.24, 2.45) is 0 Å². The first-order chi connectivity index (χ1) is 14.0. The highest BCUT2D eigenvalue weighted by atomic mass is 16.5. The summed E-state index contributed by atoms with van der Waals surface area (Å²) >= 11 is 0. The van der Waals surface area contributed by atoms with Gasteiger partial charge >= 0.3 is 5.97 Å². The van der Waals surface area contributed by atoms with Gasteiger partial charge in [-0.1, -0.05) is 12.1 Å². The highest BCUT2D eigenvalue weighted by Crippen LogP contribution is 2.17. The van der Waals surface area contributed by atoms with Gasteiger partial charge in [0.05, 0.1) is 12.2 Å². The number of rotatable bonds is 6. The molecule has 1 aliphatic rings. The van der Waals surface area contributed by atoms with E-state index in [2.05, 4.69) is 20.9 Å². The van der Waals surface area contributed by atoms with E-state index in [-0.39, 0.29) is 11.9 Å². The number of pyridine rings is 1. The van der Waals surface area contributed by atoms with Gasteiger partial charge in [-0.25, -0.2) is 9.78 Å². The lowest BCUT2D eigenvalue weighted by Crippen LogP contribution is -2.46. The molecule has 0 bridgehead atoms. The van der Waals surface area contributed by atoms with Gasteiger partial charge in [-0.15, -0.1) is 0 Å². The molecule has 0 aliphatic carbocycles. The Kier molecular flexibility index (Phi) is 6.82. The summed E-state index contributed by atoms with van der Waals surface area (Å²) in [5.74, 6) is 0.552. The van der Waals surface area contributed by atoms with Crippen LogP contribution in [0.3, 0.4) is 0 Å². The molecule has 0 atom stereocenters. The van der Waals surface area contributed by atoms with E-state index in [1.165, 1.54) is 0 Å². The Balaban J connectivity index is 1.55. The molecule has 2 heterocycles. The smallest absolute Gasteiger partial charge is 0.339 e. The molecular formula is C22H28N4O3. The first-order valence-electron chi connectivity index (χ1n) is 9.89. The zero-order valence-electron chi connectivity index (χ0n) is 17.3. The Labute approximate surface area is 171 Å². The molecule has 3 rings (SSSR count). The molecule has 0 unspecified atom stereocenters. The Morgan fingerprint density at radius 1 is 1.07 bits per heavy atom. The molecule has 0 saturated carbocycles. The number of carbonyl (C=O) groups is 2. The molecule has 1 saturated heterocycles. The van der Waals surface area contributed by atoms with Crippen molar-refractivity contribution in [3.8, 4) is 0 Å². The van der Waals surface area contributed by atoms with Crippen molar-refractivity contribution in [2.45, 2.75) is 13.5 Å². The predicted octanol–water partition coefficient (Wildman–Crippen LogP) is 2.28. The first-order valence-corrected chi connectivity index (χ1v) is 9.89. The molecule has 1 aliphatic heterocycles. The monoisotopic (exact) mass is 396 g/mol. The fourth-order valence-corrected chi connectivity index (χ4v) is 3.36. The van der Waals surface area contributed by atoms with Gasteiger partial charge < -0.3 is 14.5 Å². The van der Waals surface area contributed by atoms with Crippen LogP contribution >= 0.6 is 0 Å². The van der Waals surface area contributed by atoms with Crippen LogP contribution in [0.25, 0.3) is 0 Å². The lowest BCUT2D eigenvalue weighted by atomic mass is 10.1. The van der Waals surface area contributed by atoms with E-state index >= 15 is 0 Å². The number of aromatic nitrogens is 1. The van der Waals surface area contributed by atoms with E-state index in [4.69, 9.17) is 4.74 Å². The van der Waals surface area contributed by atoms with Gasteiger partial charge in [0.25, 0.3) is 5.91 Å². The number of esters is 1. The highest BCUT2D eigenvalue weighted by molar-refractivity contribution is 5.94. The van der Waals surface area contributed by atoms with Crippen molar-refractivity contribution in [2.75, 3.05) is 51.8 Å². The molecule has 29 heavy (non-hydrogen) atoms. The minimum Gasteiger partial charge on any atom is -0.462 e. The molecule has 1 aromatic carbocycles. The average molecular weight is 396 g/mol. The van der Waals surface area contributed by atoms with Gasteiger partial charge in [0.15, 0.2) is 0 Å². The summed E-state index contributed by atoms with van der Waals surface area (Å²) in [4.78, 5) is 34.5. The third kappa shape index (κ3) is 5.32. The highest BCUT2D eigenvalue weighted by Gasteiger charge is 2.19. The largest absolute Gasteiger partial charge is 0.462 e. The van der Waals surface area contributed by atoms with Gasteiger partial charge in [-0.2, -0.15) is 0 Å². The molecule has 1 amide bonds. The van der Waals surface area contributed by atoms with Crippen LogP contribution in [0.15, 0.2) is 42.6 Å². The molecule has 1 aromatic heterocycles. The second kappa shape index (κ2) is 9.52. The summed E-state index contributed by atoms with van der Waals surface area (Å²) in [6, 6.07) is 11.5. The van der Waals surface area contributed by atoms with Crippen molar-refractivity contribution in [1.29, 1.82) is 0 Å². The van der Waals surface area contributed by atoms with Crippen LogP contribution in [0.4, 0.5) is 5.82 Å². The molecule has 2 aromatic rings. The maximum absolute atomic E-state index is 12.2. The molecule has 1 fully saturated rings. The molecule has 0 spiro atoms. The topological polar surface area (TPSA) is 66.0 Å². The second-order valence-corrected chi connectivity index (χ2v) is 7.29. The third-order valence-corrected chi connectivity index (χ3v) is 4.94. The van der Waals surface area contributed by atoms with Crippen molar-refractivity contribution in [3.05, 3.63) is 59.3 Å². The summed E-state index contributed by atoms with van der Waals surface area (Å²) in [5.41, 5.74) is 2.33. The fourth-order valence-electron chi connectivity index (χ4n) is 3.36. The molecule has 0 N–H and O–H groups in total. The Hall–Kier alpha value is -2.93. The minimum absolute atomic E-state index is 0.0222. The van der Waals surface area contributed by atoms with Crippen molar-refractivity contribution >= 4 is 17.7 Å². The lowest BCUT2D eigenvalue weighted by Gasteiger charge is -2.35. The maximum Gasteiger partial charge on any atom is 0.339 e. The van der Waals surface area contributed by atoms with Crippen LogP contribution in [-0.2, 0) is 11.3 Å². The Morgan fingerprint density at radius 2 is 1.83 bits per heavy atom. The molecular weight excluding hydrogens is 368 g/mol. The summed E-state index contributed by atoms with van der Waals surface area (Å²) in [5, 5.41) is 0. The van der Waals surface area contributed by atoms with Crippen LogP contribution in [0.5, 0.6) is 0 Å². The quantitative estimate of drug-likeness (QED) is 0.698. The summed E-state index contributed by atoms with van der Waals surface area (Å²) in [6.07, 6.45) is 1.58. The average Bonchev–Trinajstić information content (AvgIpc) is 2.74. The number of ether oxygens (including phenoxy) is 1. The van der Waals surface area contributed by atoms with Gasteiger partial charge in [0, 0.05) is 58.6 Å². The van der Waals surface area contributed by atoms with E-state index in [0.717, 1.165) is 49.7 Å². The fraction of sp³-hybridized carbons (Fsp3) is 0.409. The number of nitrogens with zero attached hydrogens (tertiary/aromatic N) is 4. The number of anilines is 1. The minimum atomic E-state index is -0.341. The summed E-state index contributed by atoms with van der Waals surface area (Å²) in [6.45, 7) is 6.51. The van der Waals surface area contributed by atoms with E-state index < -0.39 is 0 Å².